The molecular weight excluding hydrogens is 412 g/mol. The van der Waals surface area contributed by atoms with Crippen LogP contribution in [0.2, 0.25) is 5.02 Å². The van der Waals surface area contributed by atoms with Gasteiger partial charge in [-0.2, -0.15) is 0 Å². The highest BCUT2D eigenvalue weighted by Crippen LogP contribution is 2.52. The van der Waals surface area contributed by atoms with E-state index in [9.17, 15) is 13.6 Å². The van der Waals surface area contributed by atoms with Gasteiger partial charge in [0.05, 0.1) is 0 Å². The lowest BCUT2D eigenvalue weighted by atomic mass is 9.79. The molecular formula is C22H14ClF2N3O2. The van der Waals surface area contributed by atoms with E-state index in [-0.39, 0.29) is 17.1 Å². The molecule has 2 aliphatic heterocycles. The first kappa shape index (κ1) is 18.6. The summed E-state index contributed by atoms with van der Waals surface area (Å²) < 4.78 is 34.5. The maximum Gasteiger partial charge on any atom is 0.266 e. The minimum Gasteiger partial charge on any atom is -0.457 e. The molecule has 1 unspecified atom stereocenters. The number of carbonyl (C=O) groups excluding carboxylic acids is 1. The third-order valence-electron chi connectivity index (χ3n) is 5.40. The molecule has 5 rings (SSSR count). The Hall–Kier alpha value is -3.45. The lowest BCUT2D eigenvalue weighted by Crippen LogP contribution is -2.42. The second-order valence-electron chi connectivity index (χ2n) is 7.12. The largest absolute Gasteiger partial charge is 0.457 e. The van der Waals surface area contributed by atoms with Gasteiger partial charge in [0, 0.05) is 28.8 Å². The number of ether oxygens (including phenoxy) is 1. The first-order chi connectivity index (χ1) is 14.3. The number of guanidine groups is 1. The van der Waals surface area contributed by atoms with Crippen molar-refractivity contribution >= 4 is 23.5 Å². The minimum atomic E-state index is -1.63. The average Bonchev–Trinajstić information content (AvgIpc) is 2.95. The molecule has 8 heteroatoms. The highest BCUT2D eigenvalue weighted by Gasteiger charge is 2.54. The predicted octanol–water partition coefficient (Wildman–Crippen LogP) is 4.42. The van der Waals surface area contributed by atoms with Crippen molar-refractivity contribution in [2.45, 2.75) is 5.54 Å². The van der Waals surface area contributed by atoms with E-state index in [1.807, 2.05) is 0 Å². The summed E-state index contributed by atoms with van der Waals surface area (Å²) in [7, 11) is 1.49. The molecule has 0 aliphatic carbocycles. The second-order valence-corrected chi connectivity index (χ2v) is 7.56. The average molecular weight is 426 g/mol. The maximum atomic E-state index is 14.5. The third kappa shape index (κ3) is 2.45. The Bertz CT molecular complexity index is 1280. The number of carbonyl (C=O) groups is 1. The Labute approximate surface area is 175 Å². The number of fused-ring (bicyclic) bond motifs is 4. The zero-order valence-corrected chi connectivity index (χ0v) is 16.4. The molecule has 0 radical (unpaired) electrons. The number of likely N-dealkylation sites (N-methyl/N-ethyl adjacent to an activating group) is 1. The van der Waals surface area contributed by atoms with E-state index in [0.717, 1.165) is 0 Å². The fraction of sp³-hybridized carbons (Fsp3) is 0.0909. The molecule has 0 aromatic heterocycles. The van der Waals surface area contributed by atoms with Crippen LogP contribution in [0, 0.1) is 11.6 Å². The van der Waals surface area contributed by atoms with Gasteiger partial charge in [0.15, 0.2) is 5.96 Å². The molecule has 0 saturated heterocycles. The van der Waals surface area contributed by atoms with E-state index in [1.54, 1.807) is 18.2 Å². The number of amides is 1. The Morgan fingerprint density at radius 2 is 1.73 bits per heavy atom. The molecule has 2 N–H and O–H groups in total. The molecule has 2 heterocycles. The van der Waals surface area contributed by atoms with E-state index in [0.29, 0.717) is 27.6 Å². The summed E-state index contributed by atoms with van der Waals surface area (Å²) in [6, 6.07) is 13.0. The van der Waals surface area contributed by atoms with Crippen molar-refractivity contribution in [3.8, 4) is 22.6 Å². The lowest BCUT2D eigenvalue weighted by Gasteiger charge is -2.33. The van der Waals surface area contributed by atoms with Crippen molar-refractivity contribution in [1.29, 1.82) is 0 Å². The summed E-state index contributed by atoms with van der Waals surface area (Å²) >= 11 is 6.04. The van der Waals surface area contributed by atoms with Crippen molar-refractivity contribution in [2.75, 3.05) is 7.05 Å². The molecule has 0 saturated carbocycles. The van der Waals surface area contributed by atoms with Crippen molar-refractivity contribution < 1.29 is 18.3 Å². The Morgan fingerprint density at radius 3 is 2.43 bits per heavy atom. The molecule has 0 bridgehead atoms. The highest BCUT2D eigenvalue weighted by atomic mass is 35.5. The molecule has 3 aromatic carbocycles. The molecule has 1 amide bonds. The molecule has 1 spiro atoms. The Kier molecular flexibility index (Phi) is 3.88. The number of halogens is 3. The minimum absolute atomic E-state index is 0.0117. The number of aliphatic imine (C=N–C) groups is 1. The smallest absolute Gasteiger partial charge is 0.266 e. The van der Waals surface area contributed by atoms with Gasteiger partial charge in [0.1, 0.15) is 23.1 Å². The molecule has 150 valence electrons. The molecule has 2 aliphatic rings. The highest BCUT2D eigenvalue weighted by molar-refractivity contribution is 6.30. The van der Waals surface area contributed by atoms with Crippen LogP contribution in [0.3, 0.4) is 0 Å². The quantitative estimate of drug-likeness (QED) is 0.627. The van der Waals surface area contributed by atoms with Gasteiger partial charge >= 0.3 is 0 Å². The van der Waals surface area contributed by atoms with Crippen LogP contribution in [0.5, 0.6) is 11.5 Å². The van der Waals surface area contributed by atoms with Crippen molar-refractivity contribution in [1.82, 2.24) is 4.90 Å². The van der Waals surface area contributed by atoms with Gasteiger partial charge in [-0.1, -0.05) is 17.7 Å². The first-order valence-corrected chi connectivity index (χ1v) is 9.40. The number of rotatable bonds is 1. The zero-order valence-electron chi connectivity index (χ0n) is 15.6. The molecule has 30 heavy (non-hydrogen) atoms. The fourth-order valence-electron chi connectivity index (χ4n) is 3.92. The summed E-state index contributed by atoms with van der Waals surface area (Å²) in [6.07, 6.45) is 0. The van der Waals surface area contributed by atoms with E-state index in [2.05, 4.69) is 4.99 Å². The van der Waals surface area contributed by atoms with Crippen LogP contribution in [-0.4, -0.2) is 23.8 Å². The van der Waals surface area contributed by atoms with Gasteiger partial charge < -0.3 is 10.5 Å². The number of nitrogens with zero attached hydrogens (tertiary/aromatic N) is 2. The normalized spacial score (nSPS) is 19.4. The zero-order chi connectivity index (χ0) is 21.2. The number of hydrogen-bond donors (Lipinski definition) is 1. The van der Waals surface area contributed by atoms with Crippen LogP contribution in [0.15, 0.2) is 59.6 Å². The van der Waals surface area contributed by atoms with Gasteiger partial charge in [0.2, 0.25) is 5.54 Å². The molecule has 3 aromatic rings. The lowest BCUT2D eigenvalue weighted by molar-refractivity contribution is -0.129. The summed E-state index contributed by atoms with van der Waals surface area (Å²) in [4.78, 5) is 19.0. The summed E-state index contributed by atoms with van der Waals surface area (Å²) in [6.45, 7) is 0. The van der Waals surface area contributed by atoms with Crippen molar-refractivity contribution in [2.24, 2.45) is 10.7 Å². The van der Waals surface area contributed by atoms with Crippen LogP contribution in [0.4, 0.5) is 8.78 Å². The number of benzene rings is 3. The standard InChI is InChI=1S/C22H14ClF2N3O2/c1-28-20(29)22(27-21(28)26)15-8-11(14-9-12(23)3-5-17(14)25)2-6-18(15)30-19-7-4-13(24)10-16(19)22/h2-10H,1H3,(H2,26,27). The number of hydrogen-bond acceptors (Lipinski definition) is 4. The first-order valence-electron chi connectivity index (χ1n) is 9.02. The van der Waals surface area contributed by atoms with Gasteiger partial charge in [-0.05, 0) is 54.1 Å². The third-order valence-corrected chi connectivity index (χ3v) is 5.64. The Morgan fingerprint density at radius 1 is 1.03 bits per heavy atom. The molecule has 0 fully saturated rings. The van der Waals surface area contributed by atoms with E-state index >= 15 is 0 Å². The van der Waals surface area contributed by atoms with Crippen molar-refractivity contribution in [3.63, 3.8) is 0 Å². The second kappa shape index (κ2) is 6.27. The van der Waals surface area contributed by atoms with E-state index in [4.69, 9.17) is 22.1 Å². The predicted molar refractivity (Wildman–Crippen MR) is 108 cm³/mol. The summed E-state index contributed by atoms with van der Waals surface area (Å²) in [5.74, 6) is -0.850. The van der Waals surface area contributed by atoms with Crippen LogP contribution in [0.1, 0.15) is 11.1 Å². The summed E-state index contributed by atoms with van der Waals surface area (Å²) in [5.41, 5.74) is 5.62. The van der Waals surface area contributed by atoms with E-state index < -0.39 is 23.1 Å². The van der Waals surface area contributed by atoms with Crippen LogP contribution in [-0.2, 0) is 10.3 Å². The van der Waals surface area contributed by atoms with Crippen LogP contribution in [0.25, 0.3) is 11.1 Å². The van der Waals surface area contributed by atoms with Crippen LogP contribution < -0.4 is 10.5 Å². The number of nitrogens with two attached hydrogens (primary N) is 1. The van der Waals surface area contributed by atoms with Gasteiger partial charge in [-0.15, -0.1) is 0 Å². The summed E-state index contributed by atoms with van der Waals surface area (Å²) in [5, 5.41) is 0.362. The SMILES string of the molecule is CN1C(=O)C2(N=C1N)c1cc(F)ccc1Oc1ccc(-c3cc(Cl)ccc3F)cc12. The topological polar surface area (TPSA) is 67.9 Å². The van der Waals surface area contributed by atoms with Crippen LogP contribution >= 0.6 is 11.6 Å². The molecule has 1 atom stereocenters. The van der Waals surface area contributed by atoms with Crippen molar-refractivity contribution in [3.05, 3.63) is 82.4 Å². The maximum absolute atomic E-state index is 14.5. The van der Waals surface area contributed by atoms with Gasteiger partial charge in [-0.3, -0.25) is 9.69 Å². The van der Waals surface area contributed by atoms with Gasteiger partial charge in [-0.25, -0.2) is 13.8 Å². The monoisotopic (exact) mass is 425 g/mol. The molecule has 5 nitrogen and oxygen atoms in total. The van der Waals surface area contributed by atoms with Gasteiger partial charge in [0.25, 0.3) is 5.91 Å². The van der Waals surface area contributed by atoms with E-state index in [1.165, 1.54) is 48.3 Å². The Balaban J connectivity index is 1.81. The fourth-order valence-corrected chi connectivity index (χ4v) is 4.09.